The average molecular weight is 430 g/mol. The standard InChI is InChI=1S/C14H8F3N.C10H17NO2/c15-10-3-1-8(2-4-10)13-6-9-5-11(16)7-12(17)14(9)18-13;1-13-7-9-5-6-11(9)10(12)8-3-2-4-8/h1-7,18H;8-9H,2-7H2,1H3. The van der Waals surface area contributed by atoms with Crippen LogP contribution in [0.3, 0.4) is 0 Å². The van der Waals surface area contributed by atoms with Crippen molar-refractivity contribution in [3.63, 3.8) is 0 Å². The average Bonchev–Trinajstić information content (AvgIpc) is 3.09. The number of hydrogen-bond acceptors (Lipinski definition) is 2. The fraction of sp³-hybridized carbons (Fsp3) is 0.375. The van der Waals surface area contributed by atoms with Crippen molar-refractivity contribution < 1.29 is 22.7 Å². The third kappa shape index (κ3) is 4.61. The first kappa shape index (κ1) is 21.4. The third-order valence-corrected chi connectivity index (χ3v) is 6.04. The normalized spacial score (nSPS) is 18.2. The number of halogens is 3. The van der Waals surface area contributed by atoms with Gasteiger partial charge in [-0.25, -0.2) is 13.2 Å². The van der Waals surface area contributed by atoms with Crippen LogP contribution in [-0.2, 0) is 9.53 Å². The summed E-state index contributed by atoms with van der Waals surface area (Å²) >= 11 is 0. The molecule has 1 saturated carbocycles. The van der Waals surface area contributed by atoms with E-state index >= 15 is 0 Å². The quantitative estimate of drug-likeness (QED) is 0.612. The molecule has 31 heavy (non-hydrogen) atoms. The number of fused-ring (bicyclic) bond motifs is 1. The van der Waals surface area contributed by atoms with E-state index < -0.39 is 11.6 Å². The summed E-state index contributed by atoms with van der Waals surface area (Å²) in [5.74, 6) is -0.880. The highest BCUT2D eigenvalue weighted by atomic mass is 19.1. The van der Waals surface area contributed by atoms with E-state index in [1.807, 2.05) is 4.90 Å². The molecule has 2 fully saturated rings. The van der Waals surface area contributed by atoms with Gasteiger partial charge in [-0.15, -0.1) is 0 Å². The van der Waals surface area contributed by atoms with Crippen LogP contribution >= 0.6 is 0 Å². The van der Waals surface area contributed by atoms with Crippen LogP contribution in [-0.4, -0.2) is 42.1 Å². The lowest BCUT2D eigenvalue weighted by Gasteiger charge is -2.44. The van der Waals surface area contributed by atoms with E-state index in [2.05, 4.69) is 4.98 Å². The van der Waals surface area contributed by atoms with Crippen molar-refractivity contribution in [2.75, 3.05) is 20.3 Å². The number of nitrogens with one attached hydrogen (secondary N) is 1. The van der Waals surface area contributed by atoms with Gasteiger partial charge in [0.15, 0.2) is 0 Å². The maximum atomic E-state index is 13.5. The highest BCUT2D eigenvalue weighted by molar-refractivity contribution is 5.86. The largest absolute Gasteiger partial charge is 0.383 e. The second-order valence-electron chi connectivity index (χ2n) is 8.10. The molecule has 1 unspecified atom stereocenters. The molecule has 1 atom stereocenters. The van der Waals surface area contributed by atoms with Crippen LogP contribution in [0.15, 0.2) is 42.5 Å². The maximum Gasteiger partial charge on any atom is 0.226 e. The number of carbonyl (C=O) groups excluding carboxylic acids is 1. The molecule has 4 nitrogen and oxygen atoms in total. The van der Waals surface area contributed by atoms with Crippen molar-refractivity contribution in [2.45, 2.75) is 31.7 Å². The fourth-order valence-electron chi connectivity index (χ4n) is 3.94. The summed E-state index contributed by atoms with van der Waals surface area (Å²) < 4.78 is 44.4. The summed E-state index contributed by atoms with van der Waals surface area (Å²) in [6.45, 7) is 1.65. The number of aromatic nitrogens is 1. The van der Waals surface area contributed by atoms with E-state index in [9.17, 15) is 18.0 Å². The van der Waals surface area contributed by atoms with Gasteiger partial charge in [-0.05, 0) is 61.2 Å². The Balaban J connectivity index is 0.000000158. The van der Waals surface area contributed by atoms with Crippen LogP contribution in [0.5, 0.6) is 0 Å². The minimum atomic E-state index is -0.640. The van der Waals surface area contributed by atoms with Crippen LogP contribution in [0, 0.1) is 23.4 Å². The Morgan fingerprint density at radius 1 is 1.06 bits per heavy atom. The molecular weight excluding hydrogens is 405 g/mol. The number of benzene rings is 2. The molecule has 1 amide bonds. The van der Waals surface area contributed by atoms with Gasteiger partial charge in [-0.3, -0.25) is 4.79 Å². The molecule has 1 N–H and O–H groups in total. The van der Waals surface area contributed by atoms with Gasteiger partial charge in [0.05, 0.1) is 18.2 Å². The van der Waals surface area contributed by atoms with Crippen LogP contribution < -0.4 is 0 Å². The third-order valence-electron chi connectivity index (χ3n) is 6.04. The van der Waals surface area contributed by atoms with Gasteiger partial charge in [-0.2, -0.15) is 0 Å². The number of rotatable bonds is 4. The zero-order chi connectivity index (χ0) is 22.0. The zero-order valence-corrected chi connectivity index (χ0v) is 17.3. The lowest BCUT2D eigenvalue weighted by atomic mass is 9.83. The molecule has 1 saturated heterocycles. The Morgan fingerprint density at radius 3 is 2.39 bits per heavy atom. The van der Waals surface area contributed by atoms with Crippen molar-refractivity contribution in [1.82, 2.24) is 9.88 Å². The molecule has 0 bridgehead atoms. The molecule has 1 aliphatic carbocycles. The summed E-state index contributed by atoms with van der Waals surface area (Å²) in [5, 5.41) is 0.451. The van der Waals surface area contributed by atoms with Gasteiger partial charge in [-0.1, -0.05) is 6.42 Å². The molecule has 7 heteroatoms. The van der Waals surface area contributed by atoms with Gasteiger partial charge < -0.3 is 14.6 Å². The summed E-state index contributed by atoms with van der Waals surface area (Å²) in [7, 11) is 1.70. The van der Waals surface area contributed by atoms with Gasteiger partial charge in [0.2, 0.25) is 5.91 Å². The van der Waals surface area contributed by atoms with E-state index in [-0.39, 0.29) is 11.3 Å². The van der Waals surface area contributed by atoms with Crippen molar-refractivity contribution >= 4 is 16.8 Å². The second-order valence-corrected chi connectivity index (χ2v) is 8.10. The van der Waals surface area contributed by atoms with Gasteiger partial charge in [0.25, 0.3) is 0 Å². The Morgan fingerprint density at radius 2 is 1.81 bits per heavy atom. The minimum Gasteiger partial charge on any atom is -0.383 e. The van der Waals surface area contributed by atoms with Crippen molar-refractivity contribution in [1.29, 1.82) is 0 Å². The molecule has 1 aromatic heterocycles. The van der Waals surface area contributed by atoms with Gasteiger partial charge in [0, 0.05) is 36.7 Å². The Hall–Kier alpha value is -2.80. The molecule has 2 aliphatic rings. The van der Waals surface area contributed by atoms with E-state index in [4.69, 9.17) is 4.74 Å². The second kappa shape index (κ2) is 9.14. The molecule has 164 valence electrons. The van der Waals surface area contributed by atoms with Crippen LogP contribution in [0.4, 0.5) is 13.2 Å². The summed E-state index contributed by atoms with van der Waals surface area (Å²) in [6.07, 6.45) is 4.57. The molecule has 0 spiro atoms. The predicted octanol–water partition coefficient (Wildman–Crippen LogP) is 5.29. The number of hydrogen-bond donors (Lipinski definition) is 1. The molecule has 1 aliphatic heterocycles. The molecule has 2 aromatic carbocycles. The number of aromatic amines is 1. The van der Waals surface area contributed by atoms with Crippen molar-refractivity contribution in [3.8, 4) is 11.3 Å². The monoisotopic (exact) mass is 430 g/mol. The number of nitrogens with zero attached hydrogens (tertiary/aromatic N) is 1. The first-order chi connectivity index (χ1) is 15.0. The van der Waals surface area contributed by atoms with Crippen LogP contribution in [0.2, 0.25) is 0 Å². The number of ether oxygens (including phenoxy) is 1. The molecule has 5 rings (SSSR count). The first-order valence-corrected chi connectivity index (χ1v) is 10.5. The summed E-state index contributed by atoms with van der Waals surface area (Å²) in [6, 6.07) is 9.88. The SMILES string of the molecule is COCC1CCN1C(=O)C1CCC1.Fc1ccc(-c2cc3cc(F)cc(F)c3[nH]2)cc1. The lowest BCUT2D eigenvalue weighted by Crippen LogP contribution is -2.55. The van der Waals surface area contributed by atoms with E-state index in [0.29, 0.717) is 41.1 Å². The summed E-state index contributed by atoms with van der Waals surface area (Å²) in [4.78, 5) is 16.6. The van der Waals surface area contributed by atoms with Crippen LogP contribution in [0.1, 0.15) is 25.7 Å². The van der Waals surface area contributed by atoms with Crippen molar-refractivity contribution in [3.05, 3.63) is 59.9 Å². The highest BCUT2D eigenvalue weighted by Crippen LogP contribution is 2.31. The minimum absolute atomic E-state index is 0.246. The van der Waals surface area contributed by atoms with Gasteiger partial charge >= 0.3 is 0 Å². The predicted molar refractivity (Wildman–Crippen MR) is 113 cm³/mol. The molecule has 2 heterocycles. The highest BCUT2D eigenvalue weighted by Gasteiger charge is 2.37. The topological polar surface area (TPSA) is 45.3 Å². The Labute approximate surface area is 179 Å². The van der Waals surface area contributed by atoms with Gasteiger partial charge in [0.1, 0.15) is 17.5 Å². The summed E-state index contributed by atoms with van der Waals surface area (Å²) in [5.41, 5.74) is 1.58. The molecular formula is C24H25F3N2O2. The Kier molecular flexibility index (Phi) is 6.32. The van der Waals surface area contributed by atoms with E-state index in [1.165, 1.54) is 24.6 Å². The number of methoxy groups -OCH3 is 1. The fourth-order valence-corrected chi connectivity index (χ4v) is 3.94. The number of likely N-dealkylation sites (tertiary alicyclic amines) is 1. The number of H-pyrrole nitrogens is 1. The van der Waals surface area contributed by atoms with Crippen molar-refractivity contribution in [2.24, 2.45) is 5.92 Å². The maximum absolute atomic E-state index is 13.5. The van der Waals surface area contributed by atoms with Crippen LogP contribution in [0.25, 0.3) is 22.2 Å². The Bertz CT molecular complexity index is 1060. The number of amides is 1. The first-order valence-electron chi connectivity index (χ1n) is 10.5. The lowest BCUT2D eigenvalue weighted by molar-refractivity contribution is -0.148. The number of carbonyl (C=O) groups is 1. The smallest absolute Gasteiger partial charge is 0.226 e. The molecule has 0 radical (unpaired) electrons. The zero-order valence-electron chi connectivity index (χ0n) is 17.3. The molecule has 3 aromatic rings. The van der Waals surface area contributed by atoms with E-state index in [1.54, 1.807) is 25.3 Å². The van der Waals surface area contributed by atoms with E-state index in [0.717, 1.165) is 31.9 Å².